The molecule has 0 amide bonds. The molecule has 2 saturated heterocycles. The first kappa shape index (κ1) is 16.6. The van der Waals surface area contributed by atoms with E-state index in [1.807, 2.05) is 0 Å². The first-order valence-corrected chi connectivity index (χ1v) is 9.29. The highest BCUT2D eigenvalue weighted by Gasteiger charge is 2.39. The standard InChI is InChI=1S/C14H18ClN3O4S/c1-17(12-6-9-2-3-10(7-12)16-9)23(21,22)14-5-4-11(18(19)20)8-13(14)15/h4-5,8-10,12,16H,2-3,6-7H2,1H3. The number of nitrogens with one attached hydrogen (secondary N) is 1. The molecule has 23 heavy (non-hydrogen) atoms. The lowest BCUT2D eigenvalue weighted by molar-refractivity contribution is -0.384. The zero-order chi connectivity index (χ0) is 16.8. The number of benzene rings is 1. The van der Waals surface area contributed by atoms with Gasteiger partial charge >= 0.3 is 0 Å². The molecular formula is C14H18ClN3O4S. The van der Waals surface area contributed by atoms with E-state index in [0.717, 1.165) is 31.7 Å². The van der Waals surface area contributed by atoms with Crippen LogP contribution in [-0.4, -0.2) is 42.8 Å². The van der Waals surface area contributed by atoms with E-state index in [0.29, 0.717) is 12.1 Å². The molecule has 0 aliphatic carbocycles. The molecule has 126 valence electrons. The van der Waals surface area contributed by atoms with Crippen LogP contribution >= 0.6 is 11.6 Å². The van der Waals surface area contributed by atoms with E-state index < -0.39 is 14.9 Å². The third kappa shape index (κ3) is 3.08. The number of sulfonamides is 1. The van der Waals surface area contributed by atoms with Gasteiger partial charge in [-0.25, -0.2) is 8.42 Å². The van der Waals surface area contributed by atoms with Crippen molar-refractivity contribution in [3.05, 3.63) is 33.3 Å². The number of rotatable bonds is 4. The molecule has 2 heterocycles. The lowest BCUT2D eigenvalue weighted by Crippen LogP contribution is -2.48. The molecule has 1 N–H and O–H groups in total. The van der Waals surface area contributed by atoms with E-state index in [9.17, 15) is 18.5 Å². The van der Waals surface area contributed by atoms with Gasteiger partial charge in [-0.15, -0.1) is 0 Å². The Morgan fingerprint density at radius 2 is 1.91 bits per heavy atom. The van der Waals surface area contributed by atoms with Crippen molar-refractivity contribution in [1.82, 2.24) is 9.62 Å². The van der Waals surface area contributed by atoms with Gasteiger partial charge < -0.3 is 5.32 Å². The van der Waals surface area contributed by atoms with Gasteiger partial charge in [-0.05, 0) is 31.7 Å². The number of hydrogen-bond acceptors (Lipinski definition) is 5. The zero-order valence-corrected chi connectivity index (χ0v) is 14.2. The van der Waals surface area contributed by atoms with Crippen LogP contribution in [0.2, 0.25) is 5.02 Å². The van der Waals surface area contributed by atoms with Crippen LogP contribution in [-0.2, 0) is 10.0 Å². The molecule has 2 aliphatic rings. The Kier molecular flexibility index (Phi) is 4.35. The lowest BCUT2D eigenvalue weighted by Gasteiger charge is -2.34. The summed E-state index contributed by atoms with van der Waals surface area (Å²) in [5, 5.41) is 14.1. The minimum atomic E-state index is -3.78. The Balaban J connectivity index is 1.87. The van der Waals surface area contributed by atoms with E-state index >= 15 is 0 Å². The smallest absolute Gasteiger partial charge is 0.271 e. The molecule has 1 aromatic carbocycles. The van der Waals surface area contributed by atoms with Crippen LogP contribution in [0, 0.1) is 10.1 Å². The van der Waals surface area contributed by atoms with Gasteiger partial charge in [0.1, 0.15) is 4.90 Å². The average molecular weight is 360 g/mol. The summed E-state index contributed by atoms with van der Waals surface area (Å²) in [4.78, 5) is 10.1. The van der Waals surface area contributed by atoms with Crippen molar-refractivity contribution < 1.29 is 13.3 Å². The maximum absolute atomic E-state index is 12.8. The van der Waals surface area contributed by atoms with Gasteiger partial charge in [0.05, 0.1) is 9.95 Å². The first-order chi connectivity index (χ1) is 10.8. The Morgan fingerprint density at radius 1 is 1.30 bits per heavy atom. The second-order valence-electron chi connectivity index (χ2n) is 6.16. The highest BCUT2D eigenvalue weighted by molar-refractivity contribution is 7.89. The maximum Gasteiger partial charge on any atom is 0.271 e. The quantitative estimate of drug-likeness (QED) is 0.656. The summed E-state index contributed by atoms with van der Waals surface area (Å²) in [5.41, 5.74) is -0.225. The van der Waals surface area contributed by atoms with Crippen molar-refractivity contribution in [3.8, 4) is 0 Å². The van der Waals surface area contributed by atoms with E-state index in [4.69, 9.17) is 11.6 Å². The van der Waals surface area contributed by atoms with E-state index in [2.05, 4.69) is 5.32 Å². The molecule has 7 nitrogen and oxygen atoms in total. The molecule has 9 heteroatoms. The molecule has 0 aromatic heterocycles. The lowest BCUT2D eigenvalue weighted by atomic mass is 10.0. The average Bonchev–Trinajstić information content (AvgIpc) is 2.84. The molecule has 2 aliphatic heterocycles. The fourth-order valence-electron chi connectivity index (χ4n) is 3.49. The molecule has 0 spiro atoms. The third-order valence-corrected chi connectivity index (χ3v) is 7.14. The van der Waals surface area contributed by atoms with Crippen molar-refractivity contribution in [2.75, 3.05) is 7.05 Å². The monoisotopic (exact) mass is 359 g/mol. The number of piperidine rings is 1. The van der Waals surface area contributed by atoms with Crippen LogP contribution in [0.15, 0.2) is 23.1 Å². The van der Waals surface area contributed by atoms with Crippen molar-refractivity contribution in [2.45, 2.75) is 48.7 Å². The Bertz CT molecular complexity index is 728. The summed E-state index contributed by atoms with van der Waals surface area (Å²) in [7, 11) is -2.22. The van der Waals surface area contributed by atoms with Crippen LogP contribution in [0.1, 0.15) is 25.7 Å². The molecule has 1 aromatic rings. The maximum atomic E-state index is 12.8. The topological polar surface area (TPSA) is 92.6 Å². The van der Waals surface area contributed by atoms with Crippen LogP contribution < -0.4 is 5.32 Å². The molecular weight excluding hydrogens is 342 g/mol. The van der Waals surface area contributed by atoms with Crippen LogP contribution in [0.3, 0.4) is 0 Å². The van der Waals surface area contributed by atoms with Crippen molar-refractivity contribution in [3.63, 3.8) is 0 Å². The second kappa shape index (κ2) is 6.01. The van der Waals surface area contributed by atoms with Gasteiger partial charge in [0.15, 0.2) is 0 Å². The molecule has 0 saturated carbocycles. The Morgan fingerprint density at radius 3 is 2.43 bits per heavy atom. The molecule has 2 fully saturated rings. The minimum Gasteiger partial charge on any atom is -0.311 e. The number of non-ortho nitro benzene ring substituents is 1. The van der Waals surface area contributed by atoms with Crippen molar-refractivity contribution >= 4 is 27.3 Å². The largest absolute Gasteiger partial charge is 0.311 e. The predicted octanol–water partition coefficient (Wildman–Crippen LogP) is 2.15. The van der Waals surface area contributed by atoms with Gasteiger partial charge in [0, 0.05) is 37.3 Å². The van der Waals surface area contributed by atoms with E-state index in [-0.39, 0.29) is 21.6 Å². The fraction of sp³-hybridized carbons (Fsp3) is 0.571. The summed E-state index contributed by atoms with van der Waals surface area (Å²) in [6.07, 6.45) is 3.70. The highest BCUT2D eigenvalue weighted by Crippen LogP contribution is 2.34. The summed E-state index contributed by atoms with van der Waals surface area (Å²) in [5.74, 6) is 0. The molecule has 2 atom stereocenters. The summed E-state index contributed by atoms with van der Waals surface area (Å²) >= 11 is 5.99. The fourth-order valence-corrected chi connectivity index (χ4v) is 5.38. The van der Waals surface area contributed by atoms with Gasteiger partial charge in [0.25, 0.3) is 5.69 Å². The van der Waals surface area contributed by atoms with Crippen LogP contribution in [0.4, 0.5) is 5.69 Å². The van der Waals surface area contributed by atoms with Crippen molar-refractivity contribution in [1.29, 1.82) is 0 Å². The van der Waals surface area contributed by atoms with Gasteiger partial charge in [0.2, 0.25) is 10.0 Å². The summed E-state index contributed by atoms with van der Waals surface area (Å²) < 4.78 is 27.0. The zero-order valence-electron chi connectivity index (χ0n) is 12.6. The number of fused-ring (bicyclic) bond motifs is 2. The normalized spacial score (nSPS) is 27.3. The first-order valence-electron chi connectivity index (χ1n) is 7.47. The highest BCUT2D eigenvalue weighted by atomic mass is 35.5. The number of hydrogen-bond donors (Lipinski definition) is 1. The molecule has 2 bridgehead atoms. The third-order valence-electron chi connectivity index (χ3n) is 4.75. The molecule has 3 rings (SSSR count). The molecule has 0 radical (unpaired) electrons. The predicted molar refractivity (Wildman–Crippen MR) is 86.0 cm³/mol. The molecule has 2 unspecified atom stereocenters. The van der Waals surface area contributed by atoms with Gasteiger partial charge in [-0.3, -0.25) is 10.1 Å². The number of nitro groups is 1. The van der Waals surface area contributed by atoms with Gasteiger partial charge in [-0.1, -0.05) is 11.6 Å². The SMILES string of the molecule is CN(C1CC2CCC(C1)N2)S(=O)(=O)c1ccc([N+](=O)[O-])cc1Cl. The number of nitrogens with zero attached hydrogens (tertiary/aromatic N) is 2. The number of nitro benzene ring substituents is 1. The van der Waals surface area contributed by atoms with Crippen LogP contribution in [0.25, 0.3) is 0 Å². The summed E-state index contributed by atoms with van der Waals surface area (Å²) in [6.45, 7) is 0. The van der Waals surface area contributed by atoms with Crippen molar-refractivity contribution in [2.24, 2.45) is 0 Å². The second-order valence-corrected chi connectivity index (χ2v) is 8.53. The van der Waals surface area contributed by atoms with E-state index in [1.165, 1.54) is 16.4 Å². The van der Waals surface area contributed by atoms with E-state index in [1.54, 1.807) is 7.05 Å². The Labute approximate surface area is 139 Å². The van der Waals surface area contributed by atoms with Gasteiger partial charge in [-0.2, -0.15) is 4.31 Å². The number of halogens is 1. The summed E-state index contributed by atoms with van der Waals surface area (Å²) in [6, 6.07) is 4.10. The van der Waals surface area contributed by atoms with Crippen LogP contribution in [0.5, 0.6) is 0 Å². The minimum absolute atomic E-state index is 0.0787. The Hall–Kier alpha value is -1.22.